The van der Waals surface area contributed by atoms with Crippen LogP contribution in [0.4, 0.5) is 10.5 Å². The van der Waals surface area contributed by atoms with Gasteiger partial charge in [0.15, 0.2) is 0 Å². The number of hydrogen-bond donors (Lipinski definition) is 3. The highest BCUT2D eigenvalue weighted by Gasteiger charge is 2.08. The largest absolute Gasteiger partial charge is 0.334 e. The number of para-hydroxylation sites is 1. The van der Waals surface area contributed by atoms with Crippen molar-refractivity contribution >= 4 is 45.2 Å². The molecular weight excluding hydrogens is 406 g/mol. The fraction of sp³-hybridized carbons (Fsp3) is 0.222. The van der Waals surface area contributed by atoms with E-state index in [4.69, 9.17) is 11.6 Å². The Labute approximate surface area is 160 Å². The van der Waals surface area contributed by atoms with Crippen molar-refractivity contribution in [2.75, 3.05) is 11.9 Å². The molecule has 7 heteroatoms. The van der Waals surface area contributed by atoms with Gasteiger partial charge in [-0.05, 0) is 35.7 Å². The van der Waals surface area contributed by atoms with Gasteiger partial charge in [-0.25, -0.2) is 4.79 Å². The number of aryl methyl sites for hydroxylation is 1. The molecular formula is C18H19BrClN3O2. The van der Waals surface area contributed by atoms with E-state index in [-0.39, 0.29) is 19.0 Å². The summed E-state index contributed by atoms with van der Waals surface area (Å²) in [4.78, 5) is 23.8. The van der Waals surface area contributed by atoms with Crippen LogP contribution in [0.3, 0.4) is 0 Å². The van der Waals surface area contributed by atoms with E-state index in [1.165, 1.54) is 0 Å². The standard InChI is InChI=1S/C18H19BrClN3O2/c1-2-12-5-3-4-6-16(12)23-17(24)11-22-18(25)21-10-13-7-8-14(19)9-15(13)20/h3-9H,2,10-11H2,1H3,(H,23,24)(H2,21,22,25). The van der Waals surface area contributed by atoms with Gasteiger partial charge < -0.3 is 16.0 Å². The molecule has 0 atom stereocenters. The molecule has 2 aromatic rings. The van der Waals surface area contributed by atoms with E-state index in [0.29, 0.717) is 5.02 Å². The molecule has 0 bridgehead atoms. The smallest absolute Gasteiger partial charge is 0.315 e. The third-order valence-electron chi connectivity index (χ3n) is 3.54. The second-order valence-electron chi connectivity index (χ2n) is 5.33. The van der Waals surface area contributed by atoms with E-state index < -0.39 is 6.03 Å². The summed E-state index contributed by atoms with van der Waals surface area (Å²) in [5.41, 5.74) is 2.60. The molecule has 0 aliphatic carbocycles. The molecule has 5 nitrogen and oxygen atoms in total. The zero-order valence-corrected chi connectivity index (χ0v) is 16.1. The molecule has 3 amide bonds. The number of anilines is 1. The van der Waals surface area contributed by atoms with Crippen LogP contribution in [0.2, 0.25) is 5.02 Å². The summed E-state index contributed by atoms with van der Waals surface area (Å²) in [6.07, 6.45) is 0.818. The number of carbonyl (C=O) groups excluding carboxylic acids is 2. The van der Waals surface area contributed by atoms with E-state index in [1.807, 2.05) is 43.3 Å². The van der Waals surface area contributed by atoms with Crippen LogP contribution in [-0.2, 0) is 17.8 Å². The Kier molecular flexibility index (Phi) is 7.28. The second kappa shape index (κ2) is 9.44. The maximum absolute atomic E-state index is 12.0. The van der Waals surface area contributed by atoms with Crippen molar-refractivity contribution in [1.29, 1.82) is 0 Å². The molecule has 0 heterocycles. The normalized spacial score (nSPS) is 10.2. The lowest BCUT2D eigenvalue weighted by molar-refractivity contribution is -0.115. The fourth-order valence-electron chi connectivity index (χ4n) is 2.21. The number of benzene rings is 2. The molecule has 0 spiro atoms. The highest BCUT2D eigenvalue weighted by atomic mass is 79.9. The SMILES string of the molecule is CCc1ccccc1NC(=O)CNC(=O)NCc1ccc(Br)cc1Cl. The minimum atomic E-state index is -0.432. The highest BCUT2D eigenvalue weighted by Crippen LogP contribution is 2.21. The molecule has 0 saturated heterocycles. The first-order valence-electron chi connectivity index (χ1n) is 7.83. The van der Waals surface area contributed by atoms with E-state index in [0.717, 1.165) is 27.7 Å². The van der Waals surface area contributed by atoms with Crippen molar-refractivity contribution in [2.24, 2.45) is 0 Å². The molecule has 0 fully saturated rings. The van der Waals surface area contributed by atoms with Crippen molar-refractivity contribution in [2.45, 2.75) is 19.9 Å². The predicted octanol–water partition coefficient (Wildman–Crippen LogP) is 4.10. The zero-order valence-electron chi connectivity index (χ0n) is 13.7. The van der Waals surface area contributed by atoms with Gasteiger partial charge in [0.2, 0.25) is 5.91 Å². The van der Waals surface area contributed by atoms with Gasteiger partial charge in [0, 0.05) is 21.7 Å². The maximum atomic E-state index is 12.0. The van der Waals surface area contributed by atoms with Crippen molar-refractivity contribution in [1.82, 2.24) is 10.6 Å². The second-order valence-corrected chi connectivity index (χ2v) is 6.65. The summed E-state index contributed by atoms with van der Waals surface area (Å²) in [5.74, 6) is -0.280. The first-order valence-corrected chi connectivity index (χ1v) is 9.00. The topological polar surface area (TPSA) is 70.2 Å². The van der Waals surface area contributed by atoms with Gasteiger partial charge in [-0.15, -0.1) is 0 Å². The van der Waals surface area contributed by atoms with E-state index in [9.17, 15) is 9.59 Å². The lowest BCUT2D eigenvalue weighted by Gasteiger charge is -2.11. The van der Waals surface area contributed by atoms with Crippen LogP contribution < -0.4 is 16.0 Å². The van der Waals surface area contributed by atoms with Crippen molar-refractivity contribution < 1.29 is 9.59 Å². The zero-order chi connectivity index (χ0) is 18.2. The van der Waals surface area contributed by atoms with E-state index >= 15 is 0 Å². The summed E-state index contributed by atoms with van der Waals surface area (Å²) in [5, 5.41) is 8.56. The van der Waals surface area contributed by atoms with Crippen LogP contribution in [0.25, 0.3) is 0 Å². The first kappa shape index (κ1) is 19.3. The van der Waals surface area contributed by atoms with Gasteiger partial charge in [-0.2, -0.15) is 0 Å². The molecule has 25 heavy (non-hydrogen) atoms. The number of amides is 3. The van der Waals surface area contributed by atoms with Crippen molar-refractivity contribution in [3.63, 3.8) is 0 Å². The minimum absolute atomic E-state index is 0.113. The molecule has 0 aliphatic rings. The van der Waals surface area contributed by atoms with Crippen LogP contribution in [0.15, 0.2) is 46.9 Å². The summed E-state index contributed by atoms with van der Waals surface area (Å²) in [6, 6.07) is 12.6. The monoisotopic (exact) mass is 423 g/mol. The van der Waals surface area contributed by atoms with Gasteiger partial charge in [0.25, 0.3) is 0 Å². The van der Waals surface area contributed by atoms with Crippen LogP contribution in [0.5, 0.6) is 0 Å². The fourth-order valence-corrected chi connectivity index (χ4v) is 2.95. The van der Waals surface area contributed by atoms with Crippen molar-refractivity contribution in [3.8, 4) is 0 Å². The van der Waals surface area contributed by atoms with Gasteiger partial charge in [0.1, 0.15) is 0 Å². The van der Waals surface area contributed by atoms with Gasteiger partial charge in [0.05, 0.1) is 6.54 Å². The first-order chi connectivity index (χ1) is 12.0. The summed E-state index contributed by atoms with van der Waals surface area (Å²) < 4.78 is 0.870. The number of nitrogens with one attached hydrogen (secondary N) is 3. The lowest BCUT2D eigenvalue weighted by Crippen LogP contribution is -2.39. The molecule has 132 valence electrons. The Morgan fingerprint density at radius 1 is 1.08 bits per heavy atom. The number of hydrogen-bond acceptors (Lipinski definition) is 2. The summed E-state index contributed by atoms with van der Waals surface area (Å²) >= 11 is 9.42. The Morgan fingerprint density at radius 2 is 1.84 bits per heavy atom. The Balaban J connectivity index is 1.78. The minimum Gasteiger partial charge on any atom is -0.334 e. The Morgan fingerprint density at radius 3 is 2.56 bits per heavy atom. The number of halogens is 2. The molecule has 0 radical (unpaired) electrons. The molecule has 2 rings (SSSR count). The third kappa shape index (κ3) is 6.07. The highest BCUT2D eigenvalue weighted by molar-refractivity contribution is 9.10. The average molecular weight is 425 g/mol. The van der Waals surface area contributed by atoms with E-state index in [1.54, 1.807) is 6.07 Å². The Hall–Kier alpha value is -2.05. The molecule has 0 aromatic heterocycles. The molecule has 0 saturated carbocycles. The molecule has 0 aliphatic heterocycles. The van der Waals surface area contributed by atoms with Gasteiger partial charge >= 0.3 is 6.03 Å². The summed E-state index contributed by atoms with van der Waals surface area (Å²) in [6.45, 7) is 2.18. The average Bonchev–Trinajstić information content (AvgIpc) is 2.59. The lowest BCUT2D eigenvalue weighted by atomic mass is 10.1. The summed E-state index contributed by atoms with van der Waals surface area (Å²) in [7, 11) is 0. The third-order valence-corrected chi connectivity index (χ3v) is 4.38. The number of urea groups is 1. The predicted molar refractivity (Wildman–Crippen MR) is 104 cm³/mol. The maximum Gasteiger partial charge on any atom is 0.315 e. The number of carbonyl (C=O) groups is 2. The molecule has 3 N–H and O–H groups in total. The van der Waals surface area contributed by atoms with Crippen LogP contribution >= 0.6 is 27.5 Å². The molecule has 2 aromatic carbocycles. The van der Waals surface area contributed by atoms with Crippen molar-refractivity contribution in [3.05, 3.63) is 63.1 Å². The van der Waals surface area contributed by atoms with Crippen LogP contribution in [0.1, 0.15) is 18.1 Å². The van der Waals surface area contributed by atoms with Crippen LogP contribution in [0, 0.1) is 0 Å². The van der Waals surface area contributed by atoms with Gasteiger partial charge in [-0.3, -0.25) is 4.79 Å². The number of rotatable bonds is 6. The Bertz CT molecular complexity index is 768. The quantitative estimate of drug-likeness (QED) is 0.653. The van der Waals surface area contributed by atoms with E-state index in [2.05, 4.69) is 31.9 Å². The van der Waals surface area contributed by atoms with Crippen LogP contribution in [-0.4, -0.2) is 18.5 Å². The van der Waals surface area contributed by atoms with Gasteiger partial charge in [-0.1, -0.05) is 58.7 Å². The molecule has 0 unspecified atom stereocenters.